The van der Waals surface area contributed by atoms with E-state index in [0.29, 0.717) is 0 Å². The Hall–Kier alpha value is -0.980. The van der Waals surface area contributed by atoms with E-state index in [2.05, 4.69) is 25.2 Å². The van der Waals surface area contributed by atoms with Gasteiger partial charge < -0.3 is 4.74 Å². The van der Waals surface area contributed by atoms with Crippen molar-refractivity contribution >= 4 is 0 Å². The van der Waals surface area contributed by atoms with E-state index in [1.54, 1.807) is 0 Å². The summed E-state index contributed by atoms with van der Waals surface area (Å²) in [5, 5.41) is 0. The maximum absolute atomic E-state index is 5.46. The molecule has 1 aliphatic carbocycles. The van der Waals surface area contributed by atoms with E-state index in [1.165, 1.54) is 11.1 Å². The van der Waals surface area contributed by atoms with Crippen molar-refractivity contribution < 1.29 is 4.74 Å². The summed E-state index contributed by atoms with van der Waals surface area (Å²) in [5.41, 5.74) is 2.79. The van der Waals surface area contributed by atoms with E-state index in [4.69, 9.17) is 4.74 Å². The van der Waals surface area contributed by atoms with Crippen LogP contribution < -0.4 is 0 Å². The summed E-state index contributed by atoms with van der Waals surface area (Å²) in [6, 6.07) is 0. The van der Waals surface area contributed by atoms with Gasteiger partial charge in [0, 0.05) is 12.0 Å². The lowest BCUT2D eigenvalue weighted by atomic mass is 10.1. The van der Waals surface area contributed by atoms with Crippen molar-refractivity contribution in [3.8, 4) is 0 Å². The normalized spacial score (nSPS) is 17.3. The summed E-state index contributed by atoms with van der Waals surface area (Å²) in [7, 11) is 0. The van der Waals surface area contributed by atoms with Crippen LogP contribution in [-0.4, -0.2) is 6.61 Å². The van der Waals surface area contributed by atoms with Crippen molar-refractivity contribution in [2.75, 3.05) is 6.61 Å². The Labute approximate surface area is 94.5 Å². The van der Waals surface area contributed by atoms with Gasteiger partial charge in [-0.25, -0.2) is 0 Å². The molecule has 0 unspecified atom stereocenters. The highest BCUT2D eigenvalue weighted by atomic mass is 16.5. The zero-order valence-corrected chi connectivity index (χ0v) is 10.8. The molecule has 0 amide bonds. The van der Waals surface area contributed by atoms with Gasteiger partial charge in [-0.1, -0.05) is 39.8 Å². The van der Waals surface area contributed by atoms with E-state index in [0.717, 1.165) is 25.2 Å². The minimum Gasteiger partial charge on any atom is -0.493 e. The van der Waals surface area contributed by atoms with Gasteiger partial charge >= 0.3 is 0 Å². The fraction of sp³-hybridized carbons (Fsp3) is 0.571. The predicted molar refractivity (Wildman–Crippen MR) is 67.8 cm³/mol. The maximum Gasteiger partial charge on any atom is 0.122 e. The molecule has 0 aromatic carbocycles. The molecular formula is C14H24O. The second-order valence-electron chi connectivity index (χ2n) is 2.97. The minimum atomic E-state index is 0.861. The number of hydrogen-bond acceptors (Lipinski definition) is 1. The molecule has 15 heavy (non-hydrogen) atoms. The maximum atomic E-state index is 5.46. The van der Waals surface area contributed by atoms with Crippen LogP contribution in [0, 0.1) is 0 Å². The molecule has 1 nitrogen and oxygen atoms in total. The Morgan fingerprint density at radius 1 is 1.13 bits per heavy atom. The van der Waals surface area contributed by atoms with Crippen LogP contribution in [-0.2, 0) is 4.74 Å². The molecule has 0 fully saturated rings. The first-order valence-corrected chi connectivity index (χ1v) is 6.07. The molecule has 1 heteroatoms. The minimum absolute atomic E-state index is 0.861. The van der Waals surface area contributed by atoms with Crippen molar-refractivity contribution in [1.82, 2.24) is 0 Å². The highest BCUT2D eigenvalue weighted by molar-refractivity contribution is 5.40. The molecule has 0 spiro atoms. The van der Waals surface area contributed by atoms with Crippen LogP contribution in [0.25, 0.3) is 0 Å². The van der Waals surface area contributed by atoms with E-state index in [9.17, 15) is 0 Å². The van der Waals surface area contributed by atoms with E-state index in [1.807, 2.05) is 27.7 Å². The lowest BCUT2D eigenvalue weighted by Gasteiger charge is -1.98. The van der Waals surface area contributed by atoms with Gasteiger partial charge in [0.15, 0.2) is 0 Å². The largest absolute Gasteiger partial charge is 0.493 e. The van der Waals surface area contributed by atoms with Gasteiger partial charge in [0.05, 0.1) is 6.61 Å². The molecule has 0 aromatic rings. The van der Waals surface area contributed by atoms with E-state index in [-0.39, 0.29) is 0 Å². The summed E-state index contributed by atoms with van der Waals surface area (Å²) in [5.74, 6) is 1.09. The van der Waals surface area contributed by atoms with Crippen LogP contribution in [0.2, 0.25) is 0 Å². The molecule has 0 saturated heterocycles. The number of rotatable bonds is 0. The molecule has 0 aromatic heterocycles. The molecule has 0 N–H and O–H groups in total. The predicted octanol–water partition coefficient (Wildman–Crippen LogP) is 4.62. The van der Waals surface area contributed by atoms with Crippen LogP contribution in [0.5, 0.6) is 0 Å². The monoisotopic (exact) mass is 208 g/mol. The average Bonchev–Trinajstić information content (AvgIpc) is 2.71. The number of hydrogen-bond donors (Lipinski definition) is 0. The Morgan fingerprint density at radius 3 is 2.47 bits per heavy atom. The van der Waals surface area contributed by atoms with Crippen molar-refractivity contribution in [3.63, 3.8) is 0 Å². The molecule has 0 saturated carbocycles. The zero-order chi connectivity index (χ0) is 11.7. The second kappa shape index (κ2) is 8.34. The molecule has 1 heterocycles. The van der Waals surface area contributed by atoms with Gasteiger partial charge in [-0.3, -0.25) is 0 Å². The van der Waals surface area contributed by atoms with Gasteiger partial charge in [0.2, 0.25) is 0 Å². The quantitative estimate of drug-likeness (QED) is 0.564. The highest BCUT2D eigenvalue weighted by Gasteiger charge is 2.15. The molecule has 0 radical (unpaired) electrons. The SMILES string of the molecule is CC.CC.CC1=CCC=CC2=C1CCO2. The third-order valence-corrected chi connectivity index (χ3v) is 2.21. The van der Waals surface area contributed by atoms with Crippen LogP contribution in [0.3, 0.4) is 0 Å². The molecule has 2 rings (SSSR count). The van der Waals surface area contributed by atoms with Crippen molar-refractivity contribution in [1.29, 1.82) is 0 Å². The first-order valence-electron chi connectivity index (χ1n) is 6.07. The van der Waals surface area contributed by atoms with E-state index < -0.39 is 0 Å². The Balaban J connectivity index is 0.000000442. The Bertz CT molecular complexity index is 257. The van der Waals surface area contributed by atoms with Crippen LogP contribution >= 0.6 is 0 Å². The van der Waals surface area contributed by atoms with Gasteiger partial charge in [0.25, 0.3) is 0 Å². The molecule has 0 bridgehead atoms. The van der Waals surface area contributed by atoms with Crippen LogP contribution in [0.4, 0.5) is 0 Å². The third kappa shape index (κ3) is 3.94. The summed E-state index contributed by atoms with van der Waals surface area (Å²) >= 11 is 0. The summed E-state index contributed by atoms with van der Waals surface area (Å²) in [6.07, 6.45) is 8.63. The summed E-state index contributed by atoms with van der Waals surface area (Å²) in [6.45, 7) is 11.0. The van der Waals surface area contributed by atoms with Gasteiger partial charge in [-0.2, -0.15) is 0 Å². The van der Waals surface area contributed by atoms with Crippen LogP contribution in [0.15, 0.2) is 35.1 Å². The first kappa shape index (κ1) is 14.0. The molecular weight excluding hydrogens is 184 g/mol. The van der Waals surface area contributed by atoms with Gasteiger partial charge in [0.1, 0.15) is 5.76 Å². The molecule has 1 aliphatic heterocycles. The van der Waals surface area contributed by atoms with Crippen molar-refractivity contribution in [3.05, 3.63) is 35.1 Å². The number of allylic oxidation sites excluding steroid dienone is 4. The topological polar surface area (TPSA) is 9.23 Å². The van der Waals surface area contributed by atoms with Crippen molar-refractivity contribution in [2.24, 2.45) is 0 Å². The third-order valence-electron chi connectivity index (χ3n) is 2.21. The molecule has 86 valence electrons. The lowest BCUT2D eigenvalue weighted by Crippen LogP contribution is -1.82. The smallest absolute Gasteiger partial charge is 0.122 e. The van der Waals surface area contributed by atoms with Gasteiger partial charge in [-0.05, 0) is 25.0 Å². The van der Waals surface area contributed by atoms with Gasteiger partial charge in [-0.15, -0.1) is 0 Å². The zero-order valence-electron chi connectivity index (χ0n) is 10.8. The van der Waals surface area contributed by atoms with E-state index >= 15 is 0 Å². The second-order valence-corrected chi connectivity index (χ2v) is 2.97. The van der Waals surface area contributed by atoms with Crippen LogP contribution in [0.1, 0.15) is 47.5 Å². The summed E-state index contributed by atoms with van der Waals surface area (Å²) in [4.78, 5) is 0. The fourth-order valence-corrected chi connectivity index (χ4v) is 1.56. The fourth-order valence-electron chi connectivity index (χ4n) is 1.56. The standard InChI is InChI=1S/C10H12O.2C2H6/c1-8-4-2-3-5-10-9(8)6-7-11-10;2*1-2/h3-5H,2,6-7H2,1H3;2*1-2H3. The Kier molecular flexibility index (Phi) is 7.79. The number of ether oxygens (including phenoxy) is 1. The molecule has 0 atom stereocenters. The lowest BCUT2D eigenvalue weighted by molar-refractivity contribution is 0.257. The molecule has 2 aliphatic rings. The average molecular weight is 208 g/mol. The summed E-state index contributed by atoms with van der Waals surface area (Å²) < 4.78 is 5.46. The Morgan fingerprint density at radius 2 is 1.80 bits per heavy atom. The van der Waals surface area contributed by atoms with Crippen molar-refractivity contribution in [2.45, 2.75) is 47.5 Å². The first-order chi connectivity index (χ1) is 7.38. The highest BCUT2D eigenvalue weighted by Crippen LogP contribution is 2.28.